The van der Waals surface area contributed by atoms with Crippen LogP contribution in [0.3, 0.4) is 0 Å². The summed E-state index contributed by atoms with van der Waals surface area (Å²) in [7, 11) is 0. The number of rotatable bonds is 4. The first-order valence-corrected chi connectivity index (χ1v) is 6.68. The van der Waals surface area contributed by atoms with Crippen molar-refractivity contribution < 1.29 is 22.7 Å². The zero-order valence-electron chi connectivity index (χ0n) is 8.35. The first-order chi connectivity index (χ1) is 7.85. The van der Waals surface area contributed by atoms with Crippen molar-refractivity contribution in [3.05, 3.63) is 27.3 Å². The maximum atomic E-state index is 12.1. The number of Topliss-reactive ketones (excluding diaryl/α,β-unsaturated/α-hetero) is 1. The second kappa shape index (κ2) is 6.03. The lowest BCUT2D eigenvalue weighted by Crippen LogP contribution is -2.18. The Bertz CT molecular complexity index is 421. The normalized spacial score (nSPS) is 11.4. The molecule has 0 spiro atoms. The molecule has 0 amide bonds. The zero-order valence-corrected chi connectivity index (χ0v) is 12.1. The van der Waals surface area contributed by atoms with E-state index in [1.54, 1.807) is 22.6 Å². The predicted molar refractivity (Wildman–Crippen MR) is 68.6 cm³/mol. The summed E-state index contributed by atoms with van der Waals surface area (Å²) in [5, 5.41) is 0.465. The Kier molecular flexibility index (Phi) is 5.23. The summed E-state index contributed by atoms with van der Waals surface area (Å²) in [6.07, 6.45) is -4.53. The standard InChI is InChI=1S/C10H7BrF3IO2/c11-5-4-7(16)6-2-1-3-8(9(6)15)17-10(12,13)14/h1-3H,4-5H2. The van der Waals surface area contributed by atoms with Crippen LogP contribution in [0.2, 0.25) is 0 Å². The maximum absolute atomic E-state index is 12.1. The molecular formula is C10H7BrF3IO2. The summed E-state index contributed by atoms with van der Waals surface area (Å²) in [5.41, 5.74) is 0.242. The van der Waals surface area contributed by atoms with Gasteiger partial charge in [-0.15, -0.1) is 13.2 Å². The first kappa shape index (κ1) is 14.7. The minimum Gasteiger partial charge on any atom is -0.405 e. The summed E-state index contributed by atoms with van der Waals surface area (Å²) >= 11 is 4.78. The molecule has 0 aromatic heterocycles. The average Bonchev–Trinajstić information content (AvgIpc) is 2.19. The van der Waals surface area contributed by atoms with Gasteiger partial charge in [-0.05, 0) is 28.7 Å². The van der Waals surface area contributed by atoms with Gasteiger partial charge in [0, 0.05) is 17.3 Å². The number of carbonyl (C=O) groups is 1. The molecule has 0 aliphatic heterocycles. The fourth-order valence-electron chi connectivity index (χ4n) is 1.15. The second-order valence-corrected chi connectivity index (χ2v) is 4.90. The van der Waals surface area contributed by atoms with Gasteiger partial charge in [0.1, 0.15) is 5.75 Å². The van der Waals surface area contributed by atoms with Crippen LogP contribution in [0, 0.1) is 3.57 Å². The maximum Gasteiger partial charge on any atom is 0.573 e. The van der Waals surface area contributed by atoms with E-state index in [0.29, 0.717) is 5.33 Å². The summed E-state index contributed by atoms with van der Waals surface area (Å²) < 4.78 is 40.3. The van der Waals surface area contributed by atoms with Crippen LogP contribution < -0.4 is 4.74 Å². The largest absolute Gasteiger partial charge is 0.573 e. The first-order valence-electron chi connectivity index (χ1n) is 4.48. The molecule has 0 bridgehead atoms. The van der Waals surface area contributed by atoms with Gasteiger partial charge in [-0.1, -0.05) is 28.1 Å². The van der Waals surface area contributed by atoms with Crippen LogP contribution in [-0.4, -0.2) is 17.5 Å². The molecule has 0 saturated carbocycles. The Hall–Kier alpha value is -0.310. The monoisotopic (exact) mass is 422 g/mol. The van der Waals surface area contributed by atoms with Gasteiger partial charge in [-0.3, -0.25) is 4.79 Å². The molecule has 0 radical (unpaired) electrons. The molecule has 1 aromatic carbocycles. The van der Waals surface area contributed by atoms with Gasteiger partial charge in [0.05, 0.1) is 3.57 Å². The molecule has 0 N–H and O–H groups in total. The van der Waals surface area contributed by atoms with E-state index >= 15 is 0 Å². The topological polar surface area (TPSA) is 26.3 Å². The molecule has 0 unspecified atom stereocenters. The molecular weight excluding hydrogens is 416 g/mol. The zero-order chi connectivity index (χ0) is 13.1. The van der Waals surface area contributed by atoms with E-state index in [1.165, 1.54) is 18.2 Å². The third-order valence-electron chi connectivity index (χ3n) is 1.81. The number of hydrogen-bond donors (Lipinski definition) is 0. The van der Waals surface area contributed by atoms with E-state index < -0.39 is 6.36 Å². The highest BCUT2D eigenvalue weighted by Gasteiger charge is 2.32. The number of ether oxygens (including phenoxy) is 1. The predicted octanol–water partition coefficient (Wildman–Crippen LogP) is 4.16. The summed E-state index contributed by atoms with van der Waals surface area (Å²) in [5.74, 6) is -0.572. The summed E-state index contributed by atoms with van der Waals surface area (Å²) in [6.45, 7) is 0. The van der Waals surface area contributed by atoms with Gasteiger partial charge in [-0.2, -0.15) is 0 Å². The quantitative estimate of drug-likeness (QED) is 0.414. The third-order valence-corrected chi connectivity index (χ3v) is 3.32. The molecule has 17 heavy (non-hydrogen) atoms. The Morgan fingerprint density at radius 2 is 2.06 bits per heavy atom. The van der Waals surface area contributed by atoms with Gasteiger partial charge >= 0.3 is 6.36 Å². The van der Waals surface area contributed by atoms with Crippen LogP contribution in [0.1, 0.15) is 16.8 Å². The van der Waals surface area contributed by atoms with Crippen molar-refractivity contribution in [1.82, 2.24) is 0 Å². The number of hydrogen-bond acceptors (Lipinski definition) is 2. The Morgan fingerprint density at radius 3 is 2.59 bits per heavy atom. The van der Waals surface area contributed by atoms with Gasteiger partial charge in [0.2, 0.25) is 0 Å². The van der Waals surface area contributed by atoms with Crippen molar-refractivity contribution in [2.24, 2.45) is 0 Å². The fourth-order valence-corrected chi connectivity index (χ4v) is 2.28. The number of benzene rings is 1. The van der Waals surface area contributed by atoms with E-state index in [1.807, 2.05) is 0 Å². The SMILES string of the molecule is O=C(CCBr)c1cccc(OC(F)(F)F)c1I. The number of halogens is 5. The molecule has 7 heteroatoms. The van der Waals surface area contributed by atoms with Gasteiger partial charge in [-0.25, -0.2) is 0 Å². The van der Waals surface area contributed by atoms with E-state index in [2.05, 4.69) is 20.7 Å². The van der Waals surface area contributed by atoms with Crippen molar-refractivity contribution in [3.63, 3.8) is 0 Å². The van der Waals surface area contributed by atoms with E-state index in [0.717, 1.165) is 0 Å². The molecule has 2 nitrogen and oxygen atoms in total. The van der Waals surface area contributed by atoms with Crippen molar-refractivity contribution in [2.75, 3.05) is 5.33 Å². The summed E-state index contributed by atoms with van der Waals surface area (Å²) in [4.78, 5) is 11.6. The van der Waals surface area contributed by atoms with E-state index in [4.69, 9.17) is 0 Å². The number of carbonyl (C=O) groups excluding carboxylic acids is 1. The van der Waals surface area contributed by atoms with Crippen LogP contribution in [0.4, 0.5) is 13.2 Å². The van der Waals surface area contributed by atoms with Gasteiger partial charge < -0.3 is 4.74 Å². The van der Waals surface area contributed by atoms with Crippen molar-refractivity contribution in [2.45, 2.75) is 12.8 Å². The van der Waals surface area contributed by atoms with Crippen LogP contribution in [0.15, 0.2) is 18.2 Å². The van der Waals surface area contributed by atoms with Gasteiger partial charge in [0.15, 0.2) is 5.78 Å². The van der Waals surface area contributed by atoms with Crippen molar-refractivity contribution in [3.8, 4) is 5.75 Å². The fraction of sp³-hybridized carbons (Fsp3) is 0.300. The van der Waals surface area contributed by atoms with Crippen LogP contribution in [-0.2, 0) is 0 Å². The molecule has 94 valence electrons. The Labute approximate surface area is 118 Å². The molecule has 1 rings (SSSR count). The molecule has 0 heterocycles. The van der Waals surface area contributed by atoms with Crippen LogP contribution in [0.5, 0.6) is 5.75 Å². The van der Waals surface area contributed by atoms with Crippen LogP contribution in [0.25, 0.3) is 0 Å². The number of alkyl halides is 4. The minimum atomic E-state index is -4.75. The van der Waals surface area contributed by atoms with E-state index in [-0.39, 0.29) is 27.1 Å². The number of ketones is 1. The Morgan fingerprint density at radius 1 is 1.41 bits per heavy atom. The third kappa shape index (κ3) is 4.46. The summed E-state index contributed by atoms with van der Waals surface area (Å²) in [6, 6.07) is 4.03. The molecule has 0 aliphatic rings. The minimum absolute atomic E-state index is 0.174. The van der Waals surface area contributed by atoms with Crippen molar-refractivity contribution >= 4 is 44.3 Å². The molecule has 0 fully saturated rings. The second-order valence-electron chi connectivity index (χ2n) is 3.03. The van der Waals surface area contributed by atoms with Crippen molar-refractivity contribution in [1.29, 1.82) is 0 Å². The highest BCUT2D eigenvalue weighted by atomic mass is 127. The van der Waals surface area contributed by atoms with Gasteiger partial charge in [0.25, 0.3) is 0 Å². The van der Waals surface area contributed by atoms with Crippen LogP contribution >= 0.6 is 38.5 Å². The molecule has 0 saturated heterocycles. The lowest BCUT2D eigenvalue weighted by Gasteiger charge is -2.12. The smallest absolute Gasteiger partial charge is 0.405 e. The van der Waals surface area contributed by atoms with E-state index in [9.17, 15) is 18.0 Å². The average molecular weight is 423 g/mol. The molecule has 0 atom stereocenters. The lowest BCUT2D eigenvalue weighted by molar-refractivity contribution is -0.275. The molecule has 0 aliphatic carbocycles. The highest BCUT2D eigenvalue weighted by Crippen LogP contribution is 2.30. The lowest BCUT2D eigenvalue weighted by atomic mass is 10.1. The Balaban J connectivity index is 3.03. The highest BCUT2D eigenvalue weighted by molar-refractivity contribution is 14.1. The molecule has 1 aromatic rings.